The van der Waals surface area contributed by atoms with Gasteiger partial charge in [-0.15, -0.1) is 0 Å². The van der Waals surface area contributed by atoms with Gasteiger partial charge in [0.1, 0.15) is 0 Å². The zero-order chi connectivity index (χ0) is 11.4. The standard InChI is InChI=1S/C12H21N3S/c1-3-9-5-4-6-10(7-9)12(13-2)11-8-14-16-15-11/h8-10,12-13H,3-7H2,1-2H3. The number of hydrogen-bond donors (Lipinski definition) is 1. The van der Waals surface area contributed by atoms with Crippen molar-refractivity contribution in [3.63, 3.8) is 0 Å². The molecule has 3 unspecified atom stereocenters. The summed E-state index contributed by atoms with van der Waals surface area (Å²) in [7, 11) is 2.04. The largest absolute Gasteiger partial charge is 0.311 e. The molecule has 2 rings (SSSR count). The first-order valence-corrected chi connectivity index (χ1v) is 7.02. The maximum absolute atomic E-state index is 4.38. The van der Waals surface area contributed by atoms with Crippen molar-refractivity contribution in [2.24, 2.45) is 11.8 Å². The second-order valence-corrected chi connectivity index (χ2v) is 5.36. The summed E-state index contributed by atoms with van der Waals surface area (Å²) in [4.78, 5) is 0. The Balaban J connectivity index is 2.03. The van der Waals surface area contributed by atoms with Gasteiger partial charge >= 0.3 is 0 Å². The van der Waals surface area contributed by atoms with E-state index in [-0.39, 0.29) is 0 Å². The zero-order valence-electron chi connectivity index (χ0n) is 10.1. The summed E-state index contributed by atoms with van der Waals surface area (Å²) < 4.78 is 8.50. The molecule has 0 amide bonds. The van der Waals surface area contributed by atoms with Crippen LogP contribution in [0.15, 0.2) is 6.20 Å². The summed E-state index contributed by atoms with van der Waals surface area (Å²) in [6.07, 6.45) is 8.71. The number of aromatic nitrogens is 2. The lowest BCUT2D eigenvalue weighted by Crippen LogP contribution is -2.29. The average molecular weight is 239 g/mol. The zero-order valence-corrected chi connectivity index (χ0v) is 11.0. The van der Waals surface area contributed by atoms with E-state index in [1.165, 1.54) is 43.8 Å². The van der Waals surface area contributed by atoms with Gasteiger partial charge in [-0.3, -0.25) is 0 Å². The van der Waals surface area contributed by atoms with E-state index in [9.17, 15) is 0 Å². The Morgan fingerprint density at radius 1 is 1.56 bits per heavy atom. The molecule has 3 atom stereocenters. The Morgan fingerprint density at radius 2 is 2.44 bits per heavy atom. The van der Waals surface area contributed by atoms with Crippen molar-refractivity contribution in [3.8, 4) is 0 Å². The molecule has 0 aliphatic heterocycles. The minimum absolute atomic E-state index is 0.410. The van der Waals surface area contributed by atoms with Crippen molar-refractivity contribution in [2.45, 2.75) is 45.1 Å². The van der Waals surface area contributed by atoms with E-state index >= 15 is 0 Å². The molecular formula is C12H21N3S. The van der Waals surface area contributed by atoms with Gasteiger partial charge in [0.15, 0.2) is 0 Å². The molecule has 1 heterocycles. The van der Waals surface area contributed by atoms with Crippen LogP contribution in [0.25, 0.3) is 0 Å². The molecule has 0 spiro atoms. The van der Waals surface area contributed by atoms with E-state index in [1.54, 1.807) is 0 Å². The molecule has 0 bridgehead atoms. The second kappa shape index (κ2) is 5.73. The molecule has 3 nitrogen and oxygen atoms in total. The number of nitrogens with zero attached hydrogens (tertiary/aromatic N) is 2. The predicted molar refractivity (Wildman–Crippen MR) is 67.4 cm³/mol. The van der Waals surface area contributed by atoms with Crippen molar-refractivity contribution in [1.82, 2.24) is 14.1 Å². The molecular weight excluding hydrogens is 218 g/mol. The van der Waals surface area contributed by atoms with Crippen molar-refractivity contribution in [2.75, 3.05) is 7.05 Å². The highest BCUT2D eigenvalue weighted by Gasteiger charge is 2.29. The number of hydrogen-bond acceptors (Lipinski definition) is 4. The fourth-order valence-electron chi connectivity index (χ4n) is 2.94. The Hall–Kier alpha value is -0.480. The lowest BCUT2D eigenvalue weighted by Gasteiger charge is -2.33. The lowest BCUT2D eigenvalue weighted by molar-refractivity contribution is 0.213. The Kier molecular flexibility index (Phi) is 4.29. The molecule has 1 N–H and O–H groups in total. The van der Waals surface area contributed by atoms with Gasteiger partial charge in [-0.2, -0.15) is 8.75 Å². The molecule has 0 aromatic carbocycles. The Labute approximate surface area is 102 Å². The predicted octanol–water partition coefficient (Wildman–Crippen LogP) is 3.02. The molecule has 4 heteroatoms. The topological polar surface area (TPSA) is 37.8 Å². The normalized spacial score (nSPS) is 27.9. The molecule has 1 saturated carbocycles. The van der Waals surface area contributed by atoms with Gasteiger partial charge in [0.05, 0.1) is 29.7 Å². The maximum atomic E-state index is 4.38. The second-order valence-electron chi connectivity index (χ2n) is 4.80. The van der Waals surface area contributed by atoms with Crippen LogP contribution in [0.5, 0.6) is 0 Å². The maximum Gasteiger partial charge on any atom is 0.0914 e. The fraction of sp³-hybridized carbons (Fsp3) is 0.833. The van der Waals surface area contributed by atoms with E-state index in [0.717, 1.165) is 17.5 Å². The van der Waals surface area contributed by atoms with Gasteiger partial charge in [0.2, 0.25) is 0 Å². The van der Waals surface area contributed by atoms with Crippen LogP contribution in [0.4, 0.5) is 0 Å². The van der Waals surface area contributed by atoms with Crippen molar-refractivity contribution in [1.29, 1.82) is 0 Å². The third-order valence-corrected chi connectivity index (χ3v) is 4.37. The SMILES string of the molecule is CCC1CCCC(C(NC)c2cnsn2)C1. The summed E-state index contributed by atoms with van der Waals surface area (Å²) in [5.74, 6) is 1.66. The molecule has 90 valence electrons. The molecule has 16 heavy (non-hydrogen) atoms. The first-order valence-electron chi connectivity index (χ1n) is 6.29. The summed E-state index contributed by atoms with van der Waals surface area (Å²) >= 11 is 1.31. The first kappa shape index (κ1) is 12.0. The quantitative estimate of drug-likeness (QED) is 0.877. The highest BCUT2D eigenvalue weighted by atomic mass is 32.1. The van der Waals surface area contributed by atoms with E-state index in [1.807, 2.05) is 13.2 Å². The van der Waals surface area contributed by atoms with Crippen LogP contribution in [-0.4, -0.2) is 15.8 Å². The van der Waals surface area contributed by atoms with Crippen LogP contribution in [-0.2, 0) is 0 Å². The van der Waals surface area contributed by atoms with Crippen LogP contribution in [0, 0.1) is 11.8 Å². The van der Waals surface area contributed by atoms with Gasteiger partial charge in [0.25, 0.3) is 0 Å². The smallest absolute Gasteiger partial charge is 0.0914 e. The average Bonchev–Trinajstić information content (AvgIpc) is 2.84. The summed E-state index contributed by atoms with van der Waals surface area (Å²) in [5, 5.41) is 3.42. The van der Waals surface area contributed by atoms with Crippen molar-refractivity contribution >= 4 is 11.7 Å². The van der Waals surface area contributed by atoms with Gasteiger partial charge in [-0.25, -0.2) is 0 Å². The van der Waals surface area contributed by atoms with Crippen LogP contribution < -0.4 is 5.32 Å². The molecule has 1 aliphatic carbocycles. The molecule has 0 saturated heterocycles. The van der Waals surface area contributed by atoms with Crippen molar-refractivity contribution in [3.05, 3.63) is 11.9 Å². The van der Waals surface area contributed by atoms with Crippen LogP contribution in [0.1, 0.15) is 50.8 Å². The molecule has 1 aromatic heterocycles. The van der Waals surface area contributed by atoms with Gasteiger partial charge in [-0.05, 0) is 31.7 Å². The molecule has 1 aromatic rings. The summed E-state index contributed by atoms with van der Waals surface area (Å²) in [6.45, 7) is 2.31. The van der Waals surface area contributed by atoms with Crippen LogP contribution in [0.3, 0.4) is 0 Å². The van der Waals surface area contributed by atoms with E-state index in [4.69, 9.17) is 0 Å². The highest BCUT2D eigenvalue weighted by molar-refractivity contribution is 6.99. The Morgan fingerprint density at radius 3 is 3.06 bits per heavy atom. The third-order valence-electron chi connectivity index (χ3n) is 3.88. The Bertz CT molecular complexity index is 299. The lowest BCUT2D eigenvalue weighted by atomic mass is 9.76. The van der Waals surface area contributed by atoms with E-state index in [0.29, 0.717) is 6.04 Å². The van der Waals surface area contributed by atoms with E-state index in [2.05, 4.69) is 21.0 Å². The van der Waals surface area contributed by atoms with Gasteiger partial charge < -0.3 is 5.32 Å². The molecule has 0 radical (unpaired) electrons. The van der Waals surface area contributed by atoms with Gasteiger partial charge in [-0.1, -0.05) is 26.2 Å². The minimum atomic E-state index is 0.410. The third kappa shape index (κ3) is 2.61. The van der Waals surface area contributed by atoms with E-state index < -0.39 is 0 Å². The van der Waals surface area contributed by atoms with Gasteiger partial charge in [0, 0.05) is 0 Å². The van der Waals surface area contributed by atoms with Crippen LogP contribution in [0.2, 0.25) is 0 Å². The van der Waals surface area contributed by atoms with Crippen LogP contribution >= 0.6 is 11.7 Å². The first-order chi connectivity index (χ1) is 7.85. The monoisotopic (exact) mass is 239 g/mol. The molecule has 1 fully saturated rings. The number of rotatable bonds is 4. The number of nitrogens with one attached hydrogen (secondary N) is 1. The summed E-state index contributed by atoms with van der Waals surface area (Å²) in [5.41, 5.74) is 1.13. The van der Waals surface area contributed by atoms with Crippen molar-refractivity contribution < 1.29 is 0 Å². The summed E-state index contributed by atoms with van der Waals surface area (Å²) in [6, 6.07) is 0.410. The highest BCUT2D eigenvalue weighted by Crippen LogP contribution is 2.37. The minimum Gasteiger partial charge on any atom is -0.311 e. The fourth-order valence-corrected chi connectivity index (χ4v) is 3.40. The molecule has 1 aliphatic rings.